The number of piperidine rings is 1. The number of halogens is 1. The number of Topliss-reactive ketones (excluding diaryl/α,β-unsaturated/α-hetero) is 1. The van der Waals surface area contributed by atoms with E-state index in [0.29, 0.717) is 11.8 Å². The summed E-state index contributed by atoms with van der Waals surface area (Å²) in [5.74, 6) is 0.436. The van der Waals surface area contributed by atoms with Crippen LogP contribution >= 0.6 is 15.9 Å². The van der Waals surface area contributed by atoms with Crippen LogP contribution in [-0.2, 0) is 17.6 Å². The maximum absolute atomic E-state index is 11.3. The normalized spacial score (nSPS) is 24.9. The van der Waals surface area contributed by atoms with Crippen LogP contribution in [0.4, 0.5) is 0 Å². The third kappa shape index (κ3) is 2.52. The van der Waals surface area contributed by atoms with E-state index in [-0.39, 0.29) is 0 Å². The van der Waals surface area contributed by atoms with Crippen molar-refractivity contribution in [2.24, 2.45) is 0 Å². The van der Waals surface area contributed by atoms with Crippen LogP contribution in [0.2, 0.25) is 0 Å². The minimum Gasteiger partial charge on any atom is -0.300 e. The van der Waals surface area contributed by atoms with Gasteiger partial charge in [-0.25, -0.2) is 0 Å². The van der Waals surface area contributed by atoms with Gasteiger partial charge in [0, 0.05) is 36.4 Å². The minimum absolute atomic E-state index is 0.436. The zero-order valence-electron chi connectivity index (χ0n) is 10.5. The summed E-state index contributed by atoms with van der Waals surface area (Å²) in [7, 11) is 0. The molecule has 1 aromatic rings. The van der Waals surface area contributed by atoms with Gasteiger partial charge in [-0.05, 0) is 42.5 Å². The van der Waals surface area contributed by atoms with Gasteiger partial charge in [0.25, 0.3) is 0 Å². The highest BCUT2D eigenvalue weighted by atomic mass is 79.9. The van der Waals surface area contributed by atoms with E-state index >= 15 is 0 Å². The van der Waals surface area contributed by atoms with Gasteiger partial charge in [0.1, 0.15) is 5.78 Å². The maximum atomic E-state index is 11.3. The van der Waals surface area contributed by atoms with Crippen LogP contribution < -0.4 is 0 Å². The molecular weight excluding hydrogens is 290 g/mol. The molecule has 3 heteroatoms. The van der Waals surface area contributed by atoms with Crippen molar-refractivity contribution < 1.29 is 4.79 Å². The largest absolute Gasteiger partial charge is 0.300 e. The van der Waals surface area contributed by atoms with Crippen molar-refractivity contribution in [3.63, 3.8) is 0 Å². The molecule has 0 N–H and O–H groups in total. The van der Waals surface area contributed by atoms with Crippen molar-refractivity contribution in [2.75, 3.05) is 13.1 Å². The van der Waals surface area contributed by atoms with Crippen molar-refractivity contribution in [2.45, 2.75) is 38.1 Å². The number of aryl methyl sites for hydroxylation is 1. The lowest BCUT2D eigenvalue weighted by molar-refractivity contribution is -0.121. The second kappa shape index (κ2) is 5.14. The number of likely N-dealkylation sites (tertiary alicyclic amines) is 1. The average molecular weight is 308 g/mol. The van der Waals surface area contributed by atoms with E-state index in [2.05, 4.69) is 39.0 Å². The topological polar surface area (TPSA) is 20.3 Å². The molecule has 0 unspecified atom stereocenters. The Bertz CT molecular complexity index is 462. The predicted octanol–water partition coefficient (Wildman–Crippen LogP) is 2.97. The number of fused-ring (bicyclic) bond motifs is 1. The van der Waals surface area contributed by atoms with Crippen molar-refractivity contribution in [1.82, 2.24) is 4.90 Å². The number of carbonyl (C=O) groups excluding carboxylic acids is 1. The Morgan fingerprint density at radius 2 is 1.89 bits per heavy atom. The predicted molar refractivity (Wildman–Crippen MR) is 75.8 cm³/mol. The molecule has 0 aromatic heterocycles. The van der Waals surface area contributed by atoms with E-state index in [0.717, 1.165) is 32.4 Å². The third-order valence-corrected chi connectivity index (χ3v) is 4.74. The van der Waals surface area contributed by atoms with Gasteiger partial charge in [-0.1, -0.05) is 22.0 Å². The van der Waals surface area contributed by atoms with E-state index < -0.39 is 0 Å². The summed E-state index contributed by atoms with van der Waals surface area (Å²) in [5, 5.41) is 0. The van der Waals surface area contributed by atoms with Crippen LogP contribution in [0.3, 0.4) is 0 Å². The van der Waals surface area contributed by atoms with E-state index in [1.165, 1.54) is 28.4 Å². The molecule has 1 aliphatic carbocycles. The number of ketones is 1. The summed E-state index contributed by atoms with van der Waals surface area (Å²) < 4.78 is 1.18. The fourth-order valence-electron chi connectivity index (χ4n) is 3.15. The number of nitrogens with zero attached hydrogens (tertiary/aromatic N) is 1. The molecule has 18 heavy (non-hydrogen) atoms. The fourth-order valence-corrected chi connectivity index (χ4v) is 3.56. The van der Waals surface area contributed by atoms with Crippen LogP contribution in [0.15, 0.2) is 22.7 Å². The quantitative estimate of drug-likeness (QED) is 0.795. The fraction of sp³-hybridized carbons (Fsp3) is 0.533. The van der Waals surface area contributed by atoms with E-state index in [4.69, 9.17) is 0 Å². The third-order valence-electron chi connectivity index (χ3n) is 4.24. The Morgan fingerprint density at radius 3 is 2.67 bits per heavy atom. The number of rotatable bonds is 1. The van der Waals surface area contributed by atoms with E-state index in [9.17, 15) is 4.79 Å². The molecule has 96 valence electrons. The Balaban J connectivity index is 1.71. The first-order valence-electron chi connectivity index (χ1n) is 6.75. The molecule has 1 fully saturated rings. The standard InChI is InChI=1S/C15H18BrNO/c16-13-3-1-12-10-14(4-2-11(12)9-13)17-7-5-15(18)6-8-17/h1,3,9,14H,2,4-8,10H2/t14-/m1/s1. The molecule has 1 aromatic carbocycles. The molecule has 0 bridgehead atoms. The van der Waals surface area contributed by atoms with E-state index in [1.54, 1.807) is 0 Å². The molecule has 0 saturated carbocycles. The van der Waals surface area contributed by atoms with Crippen molar-refractivity contribution in [1.29, 1.82) is 0 Å². The molecule has 0 radical (unpaired) electrons. The average Bonchev–Trinajstić information content (AvgIpc) is 2.39. The monoisotopic (exact) mass is 307 g/mol. The maximum Gasteiger partial charge on any atom is 0.135 e. The van der Waals surface area contributed by atoms with Gasteiger partial charge in [0.05, 0.1) is 0 Å². The summed E-state index contributed by atoms with van der Waals surface area (Å²) in [6.07, 6.45) is 5.06. The van der Waals surface area contributed by atoms with E-state index in [1.807, 2.05) is 0 Å². The summed E-state index contributed by atoms with van der Waals surface area (Å²) in [6.45, 7) is 1.94. The lowest BCUT2D eigenvalue weighted by Gasteiger charge is -2.37. The summed E-state index contributed by atoms with van der Waals surface area (Å²) in [4.78, 5) is 13.8. The zero-order valence-corrected chi connectivity index (χ0v) is 12.1. The van der Waals surface area contributed by atoms with Gasteiger partial charge in [-0.3, -0.25) is 9.69 Å². The van der Waals surface area contributed by atoms with Crippen molar-refractivity contribution >= 4 is 21.7 Å². The molecule has 1 heterocycles. The SMILES string of the molecule is O=C1CCN([C@@H]2CCc3cc(Br)ccc3C2)CC1. The van der Waals surface area contributed by atoms with Gasteiger partial charge in [0.2, 0.25) is 0 Å². The van der Waals surface area contributed by atoms with Gasteiger partial charge < -0.3 is 0 Å². The molecular formula is C15H18BrNO. The summed E-state index contributed by atoms with van der Waals surface area (Å²) in [6, 6.07) is 7.29. The second-order valence-corrected chi connectivity index (χ2v) is 6.30. The lowest BCUT2D eigenvalue weighted by atomic mass is 9.87. The van der Waals surface area contributed by atoms with Crippen molar-refractivity contribution in [3.8, 4) is 0 Å². The molecule has 1 aliphatic heterocycles. The zero-order chi connectivity index (χ0) is 12.5. The molecule has 0 spiro atoms. The summed E-state index contributed by atoms with van der Waals surface area (Å²) in [5.41, 5.74) is 2.99. The van der Waals surface area contributed by atoms with Crippen LogP contribution in [0.5, 0.6) is 0 Å². The molecule has 0 amide bonds. The Morgan fingerprint density at radius 1 is 1.11 bits per heavy atom. The van der Waals surface area contributed by atoms with Gasteiger partial charge in [0.15, 0.2) is 0 Å². The Kier molecular flexibility index (Phi) is 3.53. The molecule has 3 rings (SSSR count). The number of hydrogen-bond acceptors (Lipinski definition) is 2. The smallest absolute Gasteiger partial charge is 0.135 e. The van der Waals surface area contributed by atoms with Crippen LogP contribution in [0.1, 0.15) is 30.4 Å². The Hall–Kier alpha value is -0.670. The first kappa shape index (κ1) is 12.4. The van der Waals surface area contributed by atoms with Crippen LogP contribution in [0, 0.1) is 0 Å². The highest BCUT2D eigenvalue weighted by molar-refractivity contribution is 9.10. The second-order valence-electron chi connectivity index (χ2n) is 5.38. The lowest BCUT2D eigenvalue weighted by Crippen LogP contribution is -2.44. The first-order chi connectivity index (χ1) is 8.72. The van der Waals surface area contributed by atoms with Gasteiger partial charge in [-0.15, -0.1) is 0 Å². The Labute approximate surface area is 116 Å². The number of carbonyl (C=O) groups is 1. The number of benzene rings is 1. The molecule has 2 nitrogen and oxygen atoms in total. The van der Waals surface area contributed by atoms with Gasteiger partial charge >= 0.3 is 0 Å². The molecule has 1 atom stereocenters. The van der Waals surface area contributed by atoms with Crippen LogP contribution in [-0.4, -0.2) is 29.8 Å². The number of hydrogen-bond donors (Lipinski definition) is 0. The molecule has 1 saturated heterocycles. The van der Waals surface area contributed by atoms with Gasteiger partial charge in [-0.2, -0.15) is 0 Å². The highest BCUT2D eigenvalue weighted by Gasteiger charge is 2.27. The van der Waals surface area contributed by atoms with Crippen LogP contribution in [0.25, 0.3) is 0 Å². The summed E-state index contributed by atoms with van der Waals surface area (Å²) >= 11 is 3.54. The molecule has 2 aliphatic rings. The minimum atomic E-state index is 0.436. The van der Waals surface area contributed by atoms with Crippen molar-refractivity contribution in [3.05, 3.63) is 33.8 Å². The highest BCUT2D eigenvalue weighted by Crippen LogP contribution is 2.28. The first-order valence-corrected chi connectivity index (χ1v) is 7.55.